The van der Waals surface area contributed by atoms with Gasteiger partial charge in [-0.05, 0) is 26.0 Å². The lowest BCUT2D eigenvalue weighted by Gasteiger charge is -2.25. The Morgan fingerprint density at radius 3 is 2.45 bits per heavy atom. The Balaban J connectivity index is 1.98. The number of nitrogens with zero attached hydrogens (tertiary/aromatic N) is 1. The van der Waals surface area contributed by atoms with Gasteiger partial charge in [-0.15, -0.1) is 0 Å². The molecule has 0 spiro atoms. The lowest BCUT2D eigenvalue weighted by Crippen LogP contribution is -2.40. The highest BCUT2D eigenvalue weighted by molar-refractivity contribution is 6.66. The van der Waals surface area contributed by atoms with Gasteiger partial charge in [0.05, 0.1) is 6.42 Å². The summed E-state index contributed by atoms with van der Waals surface area (Å²) in [7, 11) is -2.03. The van der Waals surface area contributed by atoms with E-state index in [1.165, 1.54) is 11.4 Å². The highest BCUT2D eigenvalue weighted by atomic mass is 28.4. The summed E-state index contributed by atoms with van der Waals surface area (Å²) >= 11 is 0. The zero-order chi connectivity index (χ0) is 15.8. The van der Waals surface area contributed by atoms with E-state index >= 15 is 0 Å². The third-order valence-electron chi connectivity index (χ3n) is 4.02. The van der Waals surface area contributed by atoms with Crippen LogP contribution in [-0.4, -0.2) is 45.3 Å². The monoisotopic (exact) mass is 321 g/mol. The van der Waals surface area contributed by atoms with E-state index in [2.05, 4.69) is 46.8 Å². The first-order valence-electron chi connectivity index (χ1n) is 8.33. The Kier molecular flexibility index (Phi) is 6.61. The van der Waals surface area contributed by atoms with Gasteiger partial charge in [0.1, 0.15) is 19.6 Å². The summed E-state index contributed by atoms with van der Waals surface area (Å²) in [6.45, 7) is 10.8. The molecule has 1 aliphatic heterocycles. The van der Waals surface area contributed by atoms with E-state index in [-0.39, 0.29) is 0 Å². The lowest BCUT2D eigenvalue weighted by molar-refractivity contribution is -0.535. The standard InChI is InChI=1S/C17H28N2O2Si/c1-4-20-22(3,21-5-2)14-11-17-18-12-13-19(17)15-16-9-7-6-8-10-16/h6-10H,4-5,11-15H2,1-3H3/p+1. The minimum Gasteiger partial charge on any atom is -0.395 e. The van der Waals surface area contributed by atoms with Gasteiger partial charge < -0.3 is 8.85 Å². The molecule has 122 valence electrons. The molecule has 0 radical (unpaired) electrons. The van der Waals surface area contributed by atoms with Crippen LogP contribution in [0.15, 0.2) is 30.3 Å². The van der Waals surface area contributed by atoms with E-state index in [9.17, 15) is 0 Å². The molecule has 22 heavy (non-hydrogen) atoms. The molecule has 1 N–H and O–H groups in total. The second-order valence-corrected chi connectivity index (χ2v) is 9.13. The summed E-state index contributed by atoms with van der Waals surface area (Å²) in [5, 5.41) is 3.54. The van der Waals surface area contributed by atoms with Gasteiger partial charge in [0, 0.05) is 19.3 Å². The zero-order valence-electron chi connectivity index (χ0n) is 14.1. The number of hydrogen-bond acceptors (Lipinski definition) is 3. The number of amidine groups is 1. The van der Waals surface area contributed by atoms with Gasteiger partial charge in [-0.3, -0.25) is 9.89 Å². The summed E-state index contributed by atoms with van der Waals surface area (Å²) in [4.78, 5) is 0. The molecule has 2 rings (SSSR count). The highest BCUT2D eigenvalue weighted by Gasteiger charge is 2.33. The summed E-state index contributed by atoms with van der Waals surface area (Å²) in [5.74, 6) is 1.34. The second-order valence-electron chi connectivity index (χ2n) is 5.78. The number of rotatable bonds is 9. The van der Waals surface area contributed by atoms with Crippen LogP contribution in [0.5, 0.6) is 0 Å². The molecule has 0 aliphatic carbocycles. The van der Waals surface area contributed by atoms with Gasteiger partial charge in [0.25, 0.3) is 0 Å². The Morgan fingerprint density at radius 2 is 1.82 bits per heavy atom. The molecule has 1 aromatic carbocycles. The third-order valence-corrected chi connectivity index (χ3v) is 6.98. The molecule has 1 aromatic rings. The van der Waals surface area contributed by atoms with E-state index < -0.39 is 8.56 Å². The fraction of sp³-hybridized carbons (Fsp3) is 0.588. The predicted octanol–water partition coefficient (Wildman–Crippen LogP) is 2.74. The molecule has 0 saturated carbocycles. The Hall–Kier alpha value is -1.17. The van der Waals surface area contributed by atoms with E-state index in [4.69, 9.17) is 8.85 Å². The smallest absolute Gasteiger partial charge is 0.335 e. The Bertz CT molecular complexity index is 485. The van der Waals surface area contributed by atoms with Crippen molar-refractivity contribution < 1.29 is 13.4 Å². The number of nitrogens with one attached hydrogen (secondary N) is 1. The van der Waals surface area contributed by atoms with Crippen molar-refractivity contribution in [3.63, 3.8) is 0 Å². The first-order valence-corrected chi connectivity index (χ1v) is 10.9. The fourth-order valence-electron chi connectivity index (χ4n) is 2.95. The van der Waals surface area contributed by atoms with Crippen molar-refractivity contribution in [2.45, 2.75) is 39.4 Å². The maximum Gasteiger partial charge on any atom is 0.335 e. The zero-order valence-corrected chi connectivity index (χ0v) is 15.1. The predicted molar refractivity (Wildman–Crippen MR) is 92.6 cm³/mol. The minimum absolute atomic E-state index is 0.735. The molecule has 1 heterocycles. The Morgan fingerprint density at radius 1 is 1.14 bits per heavy atom. The Labute approximate surface area is 135 Å². The molecule has 4 nitrogen and oxygen atoms in total. The maximum atomic E-state index is 5.94. The van der Waals surface area contributed by atoms with Crippen molar-refractivity contribution in [2.24, 2.45) is 0 Å². The van der Waals surface area contributed by atoms with Gasteiger partial charge >= 0.3 is 8.56 Å². The minimum atomic E-state index is -2.03. The maximum absolute atomic E-state index is 5.94. The molecular weight excluding hydrogens is 292 g/mol. The van der Waals surface area contributed by atoms with Crippen molar-refractivity contribution in [1.29, 1.82) is 0 Å². The van der Waals surface area contributed by atoms with Gasteiger partial charge in [-0.1, -0.05) is 30.3 Å². The molecule has 0 atom stereocenters. The highest BCUT2D eigenvalue weighted by Crippen LogP contribution is 2.17. The van der Waals surface area contributed by atoms with Gasteiger partial charge in [0.2, 0.25) is 5.84 Å². The first-order chi connectivity index (χ1) is 10.7. The summed E-state index contributed by atoms with van der Waals surface area (Å²) in [6, 6.07) is 11.7. The topological polar surface area (TPSA) is 33.5 Å². The van der Waals surface area contributed by atoms with E-state index in [1.54, 1.807) is 0 Å². The van der Waals surface area contributed by atoms with Crippen LogP contribution in [0.25, 0.3) is 0 Å². The molecule has 0 aromatic heterocycles. The molecule has 0 bridgehead atoms. The van der Waals surface area contributed by atoms with Gasteiger partial charge in [0.15, 0.2) is 0 Å². The quantitative estimate of drug-likeness (QED) is 0.561. The van der Waals surface area contributed by atoms with Crippen LogP contribution in [0.2, 0.25) is 12.6 Å². The SMILES string of the molecule is CCO[Si](C)(CCC1=[N+](Cc2ccccc2)CCN1)OCC. The van der Waals surface area contributed by atoms with E-state index in [0.29, 0.717) is 0 Å². The first kappa shape index (κ1) is 17.2. The summed E-state index contributed by atoms with van der Waals surface area (Å²) in [5.41, 5.74) is 1.36. The molecule has 0 fully saturated rings. The number of benzene rings is 1. The number of hydrogen-bond donors (Lipinski definition) is 1. The van der Waals surface area contributed by atoms with Crippen LogP contribution >= 0.6 is 0 Å². The van der Waals surface area contributed by atoms with Crippen LogP contribution in [0.3, 0.4) is 0 Å². The third kappa shape index (κ3) is 4.93. The molecule has 1 aliphatic rings. The van der Waals surface area contributed by atoms with E-state index in [1.807, 2.05) is 13.8 Å². The van der Waals surface area contributed by atoms with Gasteiger partial charge in [-0.25, -0.2) is 0 Å². The van der Waals surface area contributed by atoms with Crippen molar-refractivity contribution in [2.75, 3.05) is 26.3 Å². The molecule has 0 saturated heterocycles. The molecule has 0 unspecified atom stereocenters. The van der Waals surface area contributed by atoms with Crippen molar-refractivity contribution in [1.82, 2.24) is 5.32 Å². The van der Waals surface area contributed by atoms with Crippen molar-refractivity contribution in [3.05, 3.63) is 35.9 Å². The largest absolute Gasteiger partial charge is 0.395 e. The average molecular weight is 322 g/mol. The second kappa shape index (κ2) is 8.46. The average Bonchev–Trinajstić information content (AvgIpc) is 2.94. The van der Waals surface area contributed by atoms with Crippen LogP contribution in [-0.2, 0) is 15.4 Å². The van der Waals surface area contributed by atoms with Gasteiger partial charge in [-0.2, -0.15) is 0 Å². The fourth-order valence-corrected chi connectivity index (χ4v) is 5.23. The molecule has 0 amide bonds. The van der Waals surface area contributed by atoms with Crippen LogP contribution < -0.4 is 5.32 Å². The normalized spacial score (nSPS) is 15.2. The van der Waals surface area contributed by atoms with Crippen molar-refractivity contribution in [3.8, 4) is 0 Å². The molecular formula is C17H29N2O2Si+. The van der Waals surface area contributed by atoms with E-state index in [0.717, 1.165) is 45.3 Å². The van der Waals surface area contributed by atoms with Crippen molar-refractivity contribution >= 4 is 14.4 Å². The van der Waals surface area contributed by atoms with Crippen LogP contribution in [0.1, 0.15) is 25.8 Å². The van der Waals surface area contributed by atoms with Crippen LogP contribution in [0, 0.1) is 0 Å². The summed E-state index contributed by atoms with van der Waals surface area (Å²) < 4.78 is 14.3. The summed E-state index contributed by atoms with van der Waals surface area (Å²) in [6.07, 6.45) is 1.01. The lowest BCUT2D eigenvalue weighted by atomic mass is 10.2. The molecule has 5 heteroatoms. The van der Waals surface area contributed by atoms with Crippen LogP contribution in [0.4, 0.5) is 0 Å².